The molecule has 1 aromatic carbocycles. The largest absolute Gasteiger partial charge is 0.466 e. The molecular weight excluding hydrogens is 282 g/mol. The maximum absolute atomic E-state index is 12.5. The number of benzene rings is 1. The second-order valence-corrected chi connectivity index (χ2v) is 5.26. The van der Waals surface area contributed by atoms with E-state index in [2.05, 4.69) is 15.6 Å². The highest BCUT2D eigenvalue weighted by Gasteiger charge is 2.47. The molecule has 0 fully saturated rings. The molecule has 0 saturated heterocycles. The summed E-state index contributed by atoms with van der Waals surface area (Å²) in [4.78, 5) is 28.8. The molecule has 1 aliphatic rings. The van der Waals surface area contributed by atoms with Gasteiger partial charge in [0.25, 0.3) is 17.4 Å². The molecule has 1 aromatic heterocycles. The van der Waals surface area contributed by atoms with Gasteiger partial charge in [-0.1, -0.05) is 12.1 Å². The number of nitrogens with one attached hydrogen (secondary N) is 2. The Morgan fingerprint density at radius 2 is 2.09 bits per heavy atom. The molecule has 0 radical (unpaired) electrons. The molecule has 0 spiro atoms. The van der Waals surface area contributed by atoms with E-state index in [1.165, 1.54) is 6.92 Å². The minimum absolute atomic E-state index is 0.376. The number of rotatable bonds is 2. The fraction of sp³-hybridized carbons (Fsp3) is 0.188. The summed E-state index contributed by atoms with van der Waals surface area (Å²) in [6, 6.07) is 10.5. The van der Waals surface area contributed by atoms with E-state index in [0.29, 0.717) is 17.3 Å². The number of pyridine rings is 1. The molecule has 2 heterocycles. The number of para-hydroxylation sites is 2. The number of aromatic nitrogens is 1. The Labute approximate surface area is 127 Å². The van der Waals surface area contributed by atoms with Gasteiger partial charge in [0.05, 0.1) is 5.69 Å². The Hall–Kier alpha value is -2.89. The molecule has 6 heteroatoms. The normalized spacial score (nSPS) is 19.6. The van der Waals surface area contributed by atoms with Crippen LogP contribution in [0.15, 0.2) is 42.6 Å². The molecular formula is C16H15N3O3. The van der Waals surface area contributed by atoms with Crippen molar-refractivity contribution in [2.24, 2.45) is 0 Å². The standard InChI is InChI=1S/C16H15N3O3/c1-10-7-8-17-13(9-10)19-15(21)16(2)14(20)18-11-5-3-4-6-12(11)22-16/h3-9H,1-2H3,(H,18,20)(H,17,19,21). The van der Waals surface area contributed by atoms with Crippen LogP contribution in [-0.2, 0) is 9.59 Å². The fourth-order valence-electron chi connectivity index (χ4n) is 2.16. The highest BCUT2D eigenvalue weighted by atomic mass is 16.5. The smallest absolute Gasteiger partial charge is 0.279 e. The van der Waals surface area contributed by atoms with Gasteiger partial charge in [0.1, 0.15) is 11.6 Å². The number of nitrogens with zero attached hydrogens (tertiary/aromatic N) is 1. The summed E-state index contributed by atoms with van der Waals surface area (Å²) < 4.78 is 5.64. The lowest BCUT2D eigenvalue weighted by Gasteiger charge is -2.33. The molecule has 22 heavy (non-hydrogen) atoms. The maximum Gasteiger partial charge on any atom is 0.279 e. The minimum Gasteiger partial charge on any atom is -0.466 e. The topological polar surface area (TPSA) is 80.3 Å². The van der Waals surface area contributed by atoms with Crippen LogP contribution in [0.5, 0.6) is 5.75 Å². The average Bonchev–Trinajstić information content (AvgIpc) is 2.48. The second-order valence-electron chi connectivity index (χ2n) is 5.26. The maximum atomic E-state index is 12.5. The van der Waals surface area contributed by atoms with Gasteiger partial charge in [0.15, 0.2) is 0 Å². The van der Waals surface area contributed by atoms with Crippen LogP contribution >= 0.6 is 0 Å². The predicted molar refractivity (Wildman–Crippen MR) is 81.7 cm³/mol. The number of fused-ring (bicyclic) bond motifs is 1. The summed E-state index contributed by atoms with van der Waals surface area (Å²) in [5.74, 6) is -0.257. The van der Waals surface area contributed by atoms with Crippen LogP contribution in [0.3, 0.4) is 0 Å². The van der Waals surface area contributed by atoms with Gasteiger partial charge in [0.2, 0.25) is 0 Å². The number of hydrogen-bond acceptors (Lipinski definition) is 4. The van der Waals surface area contributed by atoms with Crippen molar-refractivity contribution in [2.75, 3.05) is 10.6 Å². The van der Waals surface area contributed by atoms with E-state index in [-0.39, 0.29) is 0 Å². The summed E-state index contributed by atoms with van der Waals surface area (Å²) in [5.41, 5.74) is -0.152. The summed E-state index contributed by atoms with van der Waals surface area (Å²) in [6.45, 7) is 3.32. The number of amides is 2. The predicted octanol–water partition coefficient (Wildman–Crippen LogP) is 2.12. The van der Waals surface area contributed by atoms with Crippen LogP contribution < -0.4 is 15.4 Å². The van der Waals surface area contributed by atoms with Crippen molar-refractivity contribution in [3.63, 3.8) is 0 Å². The van der Waals surface area contributed by atoms with E-state index in [0.717, 1.165) is 5.56 Å². The van der Waals surface area contributed by atoms with Crippen molar-refractivity contribution >= 4 is 23.3 Å². The average molecular weight is 297 g/mol. The molecule has 0 saturated carbocycles. The molecule has 112 valence electrons. The van der Waals surface area contributed by atoms with E-state index in [1.54, 1.807) is 36.5 Å². The molecule has 1 unspecified atom stereocenters. The third-order valence-electron chi connectivity index (χ3n) is 3.47. The van der Waals surface area contributed by atoms with Crippen LogP contribution in [0.1, 0.15) is 12.5 Å². The lowest BCUT2D eigenvalue weighted by atomic mass is 10.0. The van der Waals surface area contributed by atoms with E-state index in [4.69, 9.17) is 4.74 Å². The van der Waals surface area contributed by atoms with Gasteiger partial charge < -0.3 is 15.4 Å². The Kier molecular flexibility index (Phi) is 3.29. The van der Waals surface area contributed by atoms with Crippen molar-refractivity contribution in [1.29, 1.82) is 0 Å². The zero-order valence-corrected chi connectivity index (χ0v) is 12.2. The highest BCUT2D eigenvalue weighted by molar-refractivity contribution is 6.18. The van der Waals surface area contributed by atoms with Crippen LogP contribution in [0.2, 0.25) is 0 Å². The molecule has 1 atom stereocenters. The highest BCUT2D eigenvalue weighted by Crippen LogP contribution is 2.33. The third kappa shape index (κ3) is 2.39. The van der Waals surface area contributed by atoms with Gasteiger partial charge in [-0.25, -0.2) is 4.98 Å². The molecule has 3 rings (SSSR count). The van der Waals surface area contributed by atoms with E-state index in [1.807, 2.05) is 13.0 Å². The van der Waals surface area contributed by atoms with Crippen LogP contribution in [0.4, 0.5) is 11.5 Å². The van der Waals surface area contributed by atoms with Crippen LogP contribution in [-0.4, -0.2) is 22.4 Å². The van der Waals surface area contributed by atoms with E-state index >= 15 is 0 Å². The van der Waals surface area contributed by atoms with Crippen LogP contribution in [0, 0.1) is 6.92 Å². The van der Waals surface area contributed by atoms with Gasteiger partial charge in [-0.3, -0.25) is 9.59 Å². The molecule has 0 aliphatic carbocycles. The fourth-order valence-corrected chi connectivity index (χ4v) is 2.16. The molecule has 2 N–H and O–H groups in total. The number of carbonyl (C=O) groups is 2. The van der Waals surface area contributed by atoms with Gasteiger partial charge in [0, 0.05) is 6.20 Å². The first-order chi connectivity index (χ1) is 10.5. The van der Waals surface area contributed by atoms with Gasteiger partial charge >= 0.3 is 0 Å². The molecule has 6 nitrogen and oxygen atoms in total. The zero-order valence-electron chi connectivity index (χ0n) is 12.2. The van der Waals surface area contributed by atoms with E-state index < -0.39 is 17.4 Å². The van der Waals surface area contributed by atoms with Crippen molar-refractivity contribution in [3.05, 3.63) is 48.2 Å². The van der Waals surface area contributed by atoms with Crippen molar-refractivity contribution in [2.45, 2.75) is 19.4 Å². The first-order valence-electron chi connectivity index (χ1n) is 6.83. The summed E-state index contributed by atoms with van der Waals surface area (Å²) in [5, 5.41) is 5.30. The Morgan fingerprint density at radius 1 is 1.32 bits per heavy atom. The Morgan fingerprint density at radius 3 is 2.86 bits per heavy atom. The first kappa shape index (κ1) is 14.1. The number of carbonyl (C=O) groups excluding carboxylic acids is 2. The number of aryl methyl sites for hydroxylation is 1. The third-order valence-corrected chi connectivity index (χ3v) is 3.47. The Balaban J connectivity index is 1.87. The van der Waals surface area contributed by atoms with Crippen molar-refractivity contribution in [3.8, 4) is 5.75 Å². The summed E-state index contributed by atoms with van der Waals surface area (Å²) in [7, 11) is 0. The zero-order chi connectivity index (χ0) is 15.7. The van der Waals surface area contributed by atoms with Crippen molar-refractivity contribution in [1.82, 2.24) is 4.98 Å². The lowest BCUT2D eigenvalue weighted by molar-refractivity contribution is -0.143. The number of hydrogen-bond donors (Lipinski definition) is 2. The molecule has 1 aliphatic heterocycles. The molecule has 2 aromatic rings. The SMILES string of the molecule is Cc1ccnc(NC(=O)C2(C)Oc3ccccc3NC2=O)c1. The van der Waals surface area contributed by atoms with Gasteiger partial charge in [-0.05, 0) is 43.7 Å². The minimum atomic E-state index is -1.65. The number of ether oxygens (including phenoxy) is 1. The van der Waals surface area contributed by atoms with Gasteiger partial charge in [-0.2, -0.15) is 0 Å². The van der Waals surface area contributed by atoms with Crippen LogP contribution in [0.25, 0.3) is 0 Å². The van der Waals surface area contributed by atoms with E-state index in [9.17, 15) is 9.59 Å². The lowest BCUT2D eigenvalue weighted by Crippen LogP contribution is -2.56. The van der Waals surface area contributed by atoms with Crippen molar-refractivity contribution < 1.29 is 14.3 Å². The Bertz CT molecular complexity index is 760. The summed E-state index contributed by atoms with van der Waals surface area (Å²) >= 11 is 0. The monoisotopic (exact) mass is 297 g/mol. The molecule has 0 bridgehead atoms. The first-order valence-corrected chi connectivity index (χ1v) is 6.83. The second kappa shape index (κ2) is 5.14. The molecule has 2 amide bonds. The van der Waals surface area contributed by atoms with Gasteiger partial charge in [-0.15, -0.1) is 0 Å². The summed E-state index contributed by atoms with van der Waals surface area (Å²) in [6.07, 6.45) is 1.59. The quantitative estimate of drug-likeness (QED) is 0.832. The number of anilines is 2.